The molecule has 3 aromatic rings. The van der Waals surface area contributed by atoms with E-state index in [9.17, 15) is 14.4 Å². The molecular formula is C27H26N2O7. The second kappa shape index (κ2) is 10.2. The standard InChI is InChI=1S/C27H26N2O7/c1-33-23-6-2-3-7-24(23)34-16-21(30)18-8-10-22-20(14-18)29(26(31)17-35-22)15-19-9-11-25(36-19)27(32)28-12-4-5-13-28/h2-3,6-11,14H,4-5,12-13,15-17H2,1H3. The van der Waals surface area contributed by atoms with Crippen LogP contribution in [0.3, 0.4) is 0 Å². The number of amides is 2. The Balaban J connectivity index is 1.32. The normalized spacial score (nSPS) is 14.9. The summed E-state index contributed by atoms with van der Waals surface area (Å²) >= 11 is 0. The summed E-state index contributed by atoms with van der Waals surface area (Å²) in [6.45, 7) is 1.23. The second-order valence-corrected chi connectivity index (χ2v) is 8.58. The summed E-state index contributed by atoms with van der Waals surface area (Å²) in [5.41, 5.74) is 0.828. The fourth-order valence-electron chi connectivity index (χ4n) is 4.32. The molecule has 0 N–H and O–H groups in total. The van der Waals surface area contributed by atoms with E-state index < -0.39 is 0 Å². The molecule has 0 bridgehead atoms. The van der Waals surface area contributed by atoms with E-state index >= 15 is 0 Å². The Morgan fingerprint density at radius 1 is 1.00 bits per heavy atom. The third-order valence-electron chi connectivity index (χ3n) is 6.23. The number of rotatable bonds is 8. The molecule has 186 valence electrons. The van der Waals surface area contributed by atoms with Crippen LogP contribution in [0.15, 0.2) is 59.0 Å². The molecule has 0 atom stereocenters. The molecule has 0 aliphatic carbocycles. The number of anilines is 1. The SMILES string of the molecule is COc1ccccc1OCC(=O)c1ccc2c(c1)N(Cc1ccc(C(=O)N3CCCC3)o1)C(=O)CO2. The predicted octanol–water partition coefficient (Wildman–Crippen LogP) is 3.71. The highest BCUT2D eigenvalue weighted by Gasteiger charge is 2.29. The number of carbonyl (C=O) groups is 3. The predicted molar refractivity (Wildman–Crippen MR) is 130 cm³/mol. The summed E-state index contributed by atoms with van der Waals surface area (Å²) < 4.78 is 22.3. The molecule has 1 fully saturated rings. The van der Waals surface area contributed by atoms with Crippen LogP contribution in [0.25, 0.3) is 0 Å². The monoisotopic (exact) mass is 490 g/mol. The Kier molecular flexibility index (Phi) is 6.62. The van der Waals surface area contributed by atoms with Crippen molar-refractivity contribution in [3.63, 3.8) is 0 Å². The van der Waals surface area contributed by atoms with Gasteiger partial charge in [-0.3, -0.25) is 19.3 Å². The summed E-state index contributed by atoms with van der Waals surface area (Å²) in [5.74, 6) is 1.51. The molecule has 0 unspecified atom stereocenters. The number of nitrogens with zero attached hydrogens (tertiary/aromatic N) is 2. The summed E-state index contributed by atoms with van der Waals surface area (Å²) in [6, 6.07) is 15.3. The maximum Gasteiger partial charge on any atom is 0.289 e. The lowest BCUT2D eigenvalue weighted by atomic mass is 10.1. The van der Waals surface area contributed by atoms with Crippen molar-refractivity contribution in [3.8, 4) is 17.2 Å². The maximum atomic E-state index is 12.9. The van der Waals surface area contributed by atoms with Gasteiger partial charge in [-0.25, -0.2) is 0 Å². The van der Waals surface area contributed by atoms with Gasteiger partial charge in [0.15, 0.2) is 36.3 Å². The van der Waals surface area contributed by atoms with Crippen molar-refractivity contribution in [2.24, 2.45) is 0 Å². The molecule has 1 saturated heterocycles. The summed E-state index contributed by atoms with van der Waals surface area (Å²) in [7, 11) is 1.53. The average Bonchev–Trinajstić information content (AvgIpc) is 3.61. The van der Waals surface area contributed by atoms with Gasteiger partial charge >= 0.3 is 0 Å². The molecule has 36 heavy (non-hydrogen) atoms. The van der Waals surface area contributed by atoms with Gasteiger partial charge in [-0.15, -0.1) is 0 Å². The van der Waals surface area contributed by atoms with Crippen molar-refractivity contribution in [2.45, 2.75) is 19.4 Å². The number of carbonyl (C=O) groups excluding carboxylic acids is 3. The van der Waals surface area contributed by atoms with E-state index in [1.165, 1.54) is 12.0 Å². The third kappa shape index (κ3) is 4.77. The van der Waals surface area contributed by atoms with Crippen LogP contribution in [0.2, 0.25) is 0 Å². The largest absolute Gasteiger partial charge is 0.493 e. The lowest BCUT2D eigenvalue weighted by molar-refractivity contribution is -0.121. The molecule has 2 aliphatic heterocycles. The molecule has 2 amide bonds. The van der Waals surface area contributed by atoms with Crippen molar-refractivity contribution in [1.82, 2.24) is 4.90 Å². The number of ether oxygens (including phenoxy) is 3. The summed E-state index contributed by atoms with van der Waals surface area (Å²) in [6.07, 6.45) is 1.98. The molecule has 9 nitrogen and oxygen atoms in total. The number of Topliss-reactive ketones (excluding diaryl/α,β-unsaturated/α-hetero) is 1. The van der Waals surface area contributed by atoms with Crippen LogP contribution < -0.4 is 19.1 Å². The number of likely N-dealkylation sites (tertiary alicyclic amines) is 1. The van der Waals surface area contributed by atoms with E-state index in [4.69, 9.17) is 18.6 Å². The number of para-hydroxylation sites is 2. The molecule has 3 heterocycles. The van der Waals surface area contributed by atoms with Gasteiger partial charge in [0.25, 0.3) is 11.8 Å². The topological polar surface area (TPSA) is 98.5 Å². The van der Waals surface area contributed by atoms with Crippen molar-refractivity contribution < 1.29 is 33.0 Å². The number of hydrogen-bond acceptors (Lipinski definition) is 7. The molecule has 2 aromatic carbocycles. The minimum atomic E-state index is -0.277. The maximum absolute atomic E-state index is 12.9. The van der Waals surface area contributed by atoms with Gasteiger partial charge in [-0.1, -0.05) is 12.1 Å². The Labute approximate surface area is 208 Å². The van der Waals surface area contributed by atoms with E-state index in [0.717, 1.165) is 25.9 Å². The number of methoxy groups -OCH3 is 1. The zero-order valence-electron chi connectivity index (χ0n) is 19.9. The highest BCUT2D eigenvalue weighted by atomic mass is 16.5. The zero-order valence-corrected chi connectivity index (χ0v) is 19.9. The van der Waals surface area contributed by atoms with E-state index in [2.05, 4.69) is 0 Å². The Hall–Kier alpha value is -4.27. The smallest absolute Gasteiger partial charge is 0.289 e. The van der Waals surface area contributed by atoms with E-state index in [1.807, 2.05) is 6.07 Å². The van der Waals surface area contributed by atoms with Crippen LogP contribution in [0, 0.1) is 0 Å². The van der Waals surface area contributed by atoms with Gasteiger partial charge in [0, 0.05) is 18.7 Å². The van der Waals surface area contributed by atoms with Crippen LogP contribution in [0.4, 0.5) is 5.69 Å². The van der Waals surface area contributed by atoms with Crippen molar-refractivity contribution in [2.75, 3.05) is 38.3 Å². The van der Waals surface area contributed by atoms with Gasteiger partial charge in [0.05, 0.1) is 19.3 Å². The third-order valence-corrected chi connectivity index (χ3v) is 6.23. The van der Waals surface area contributed by atoms with E-state index in [1.54, 1.807) is 53.4 Å². The molecule has 1 aromatic heterocycles. The lowest BCUT2D eigenvalue weighted by Gasteiger charge is -2.29. The number of benzene rings is 2. The second-order valence-electron chi connectivity index (χ2n) is 8.58. The van der Waals surface area contributed by atoms with Crippen LogP contribution in [-0.4, -0.2) is 55.9 Å². The minimum Gasteiger partial charge on any atom is -0.493 e. The number of fused-ring (bicyclic) bond motifs is 1. The fraction of sp³-hybridized carbons (Fsp3) is 0.296. The highest BCUT2D eigenvalue weighted by molar-refractivity contribution is 6.02. The van der Waals surface area contributed by atoms with E-state index in [0.29, 0.717) is 34.3 Å². The Morgan fingerprint density at radius 2 is 1.78 bits per heavy atom. The van der Waals surface area contributed by atoms with Crippen molar-refractivity contribution in [1.29, 1.82) is 0 Å². The first-order valence-electron chi connectivity index (χ1n) is 11.8. The Bertz CT molecular complexity index is 1290. The first-order valence-corrected chi connectivity index (χ1v) is 11.8. The van der Waals surface area contributed by atoms with Gasteiger partial charge in [-0.2, -0.15) is 0 Å². The molecule has 5 rings (SSSR count). The number of furan rings is 1. The van der Waals surface area contributed by atoms with Crippen LogP contribution in [-0.2, 0) is 11.3 Å². The number of ketones is 1. The fourth-order valence-corrected chi connectivity index (χ4v) is 4.32. The molecule has 0 spiro atoms. The zero-order chi connectivity index (χ0) is 25.1. The van der Waals surface area contributed by atoms with Crippen molar-refractivity contribution >= 4 is 23.3 Å². The average molecular weight is 491 g/mol. The minimum absolute atomic E-state index is 0.109. The number of hydrogen-bond donors (Lipinski definition) is 0. The van der Waals surface area contributed by atoms with E-state index in [-0.39, 0.29) is 43.1 Å². The first-order chi connectivity index (χ1) is 17.5. The molecule has 0 saturated carbocycles. The van der Waals surface area contributed by atoms with Gasteiger partial charge in [0.2, 0.25) is 0 Å². The van der Waals surface area contributed by atoms with Gasteiger partial charge < -0.3 is 23.5 Å². The molecular weight excluding hydrogens is 464 g/mol. The molecule has 2 aliphatic rings. The van der Waals surface area contributed by atoms with Crippen LogP contribution >= 0.6 is 0 Å². The Morgan fingerprint density at radius 3 is 2.56 bits per heavy atom. The van der Waals surface area contributed by atoms with Gasteiger partial charge in [-0.05, 0) is 55.3 Å². The molecule has 9 heteroatoms. The summed E-state index contributed by atoms with van der Waals surface area (Å²) in [4.78, 5) is 41.5. The van der Waals surface area contributed by atoms with Crippen LogP contribution in [0.1, 0.15) is 39.5 Å². The van der Waals surface area contributed by atoms with Gasteiger partial charge in [0.1, 0.15) is 11.5 Å². The van der Waals surface area contributed by atoms with Crippen LogP contribution in [0.5, 0.6) is 17.2 Å². The van der Waals surface area contributed by atoms with Crippen molar-refractivity contribution in [3.05, 3.63) is 71.7 Å². The quantitative estimate of drug-likeness (QED) is 0.444. The first kappa shape index (κ1) is 23.5. The summed E-state index contributed by atoms with van der Waals surface area (Å²) in [5, 5.41) is 0. The molecule has 0 radical (unpaired) electrons. The highest BCUT2D eigenvalue weighted by Crippen LogP contribution is 2.35. The lowest BCUT2D eigenvalue weighted by Crippen LogP contribution is -2.38.